The third-order valence-electron chi connectivity index (χ3n) is 2.96. The number of benzene rings is 1. The number of nitrogens with zero attached hydrogens (tertiary/aromatic N) is 1. The van der Waals surface area contributed by atoms with Crippen molar-refractivity contribution in [2.24, 2.45) is 5.92 Å². The molecule has 0 aliphatic carbocycles. The van der Waals surface area contributed by atoms with E-state index in [9.17, 15) is 4.79 Å². The molecule has 0 spiro atoms. The molecule has 0 bridgehead atoms. The summed E-state index contributed by atoms with van der Waals surface area (Å²) in [6, 6.07) is 9.65. The Kier molecular flexibility index (Phi) is 6.04. The highest BCUT2D eigenvalue weighted by Gasteiger charge is 2.15. The van der Waals surface area contributed by atoms with E-state index in [-0.39, 0.29) is 17.9 Å². The summed E-state index contributed by atoms with van der Waals surface area (Å²) in [4.78, 5) is 11.5. The lowest BCUT2D eigenvalue weighted by molar-refractivity contribution is -0.147. The van der Waals surface area contributed by atoms with Crippen LogP contribution in [0.2, 0.25) is 0 Å². The minimum atomic E-state index is -0.179. The molecule has 1 aromatic rings. The predicted octanol–water partition coefficient (Wildman–Crippen LogP) is 2.41. The van der Waals surface area contributed by atoms with E-state index in [2.05, 4.69) is 11.4 Å². The van der Waals surface area contributed by atoms with Gasteiger partial charge in [-0.05, 0) is 31.5 Å². The van der Waals surface area contributed by atoms with Crippen molar-refractivity contribution in [3.63, 3.8) is 0 Å². The van der Waals surface area contributed by atoms with Gasteiger partial charge in [0.2, 0.25) is 0 Å². The lowest BCUT2D eigenvalue weighted by Crippen LogP contribution is -2.29. The van der Waals surface area contributed by atoms with E-state index in [1.54, 1.807) is 19.1 Å². The molecule has 0 aliphatic heterocycles. The second-order valence-corrected chi connectivity index (χ2v) is 4.52. The van der Waals surface area contributed by atoms with Crippen molar-refractivity contribution in [1.82, 2.24) is 5.32 Å². The summed E-state index contributed by atoms with van der Waals surface area (Å²) in [6.07, 6.45) is 0. The van der Waals surface area contributed by atoms with Crippen LogP contribution in [0.15, 0.2) is 24.3 Å². The van der Waals surface area contributed by atoms with Crippen LogP contribution in [0, 0.1) is 17.2 Å². The molecular formula is C15H20N2O2. The fourth-order valence-corrected chi connectivity index (χ4v) is 1.69. The number of carbonyl (C=O) groups excluding carboxylic acids is 1. The van der Waals surface area contributed by atoms with Crippen LogP contribution < -0.4 is 5.32 Å². The highest BCUT2D eigenvalue weighted by molar-refractivity contribution is 5.72. The summed E-state index contributed by atoms with van der Waals surface area (Å²) < 4.78 is 4.96. The second kappa shape index (κ2) is 7.55. The number of ether oxygens (including phenoxy) is 1. The molecule has 0 fully saturated rings. The molecular weight excluding hydrogens is 240 g/mol. The Bertz CT molecular complexity index is 448. The van der Waals surface area contributed by atoms with Crippen molar-refractivity contribution in [3.8, 4) is 6.07 Å². The van der Waals surface area contributed by atoms with Gasteiger partial charge in [-0.25, -0.2) is 0 Å². The molecule has 1 rings (SSSR count). The summed E-state index contributed by atoms with van der Waals surface area (Å²) >= 11 is 0. The van der Waals surface area contributed by atoms with E-state index in [0.717, 1.165) is 5.56 Å². The smallest absolute Gasteiger partial charge is 0.309 e. The minimum Gasteiger partial charge on any atom is -0.466 e. The molecule has 1 N–H and O–H groups in total. The Labute approximate surface area is 114 Å². The van der Waals surface area contributed by atoms with Gasteiger partial charge in [-0.2, -0.15) is 5.26 Å². The maximum atomic E-state index is 11.5. The first-order valence-corrected chi connectivity index (χ1v) is 6.48. The lowest BCUT2D eigenvalue weighted by Gasteiger charge is -2.17. The van der Waals surface area contributed by atoms with E-state index in [4.69, 9.17) is 10.00 Å². The standard InChI is InChI=1S/C15H20N2O2/c1-4-19-15(18)11(2)10-17-12(3)14-7-5-13(9-16)6-8-14/h5-8,11-12,17H,4,10H2,1-3H3. The molecule has 0 saturated carbocycles. The fourth-order valence-electron chi connectivity index (χ4n) is 1.69. The highest BCUT2D eigenvalue weighted by Crippen LogP contribution is 2.13. The molecule has 2 unspecified atom stereocenters. The lowest BCUT2D eigenvalue weighted by atomic mass is 10.1. The Balaban J connectivity index is 2.48. The first kappa shape index (κ1) is 15.2. The quantitative estimate of drug-likeness (QED) is 0.798. The van der Waals surface area contributed by atoms with Gasteiger partial charge in [-0.15, -0.1) is 0 Å². The van der Waals surface area contributed by atoms with E-state index >= 15 is 0 Å². The molecule has 0 aliphatic rings. The van der Waals surface area contributed by atoms with Gasteiger partial charge in [-0.1, -0.05) is 19.1 Å². The van der Waals surface area contributed by atoms with Crippen molar-refractivity contribution in [2.45, 2.75) is 26.8 Å². The molecule has 4 nitrogen and oxygen atoms in total. The maximum absolute atomic E-state index is 11.5. The monoisotopic (exact) mass is 260 g/mol. The minimum absolute atomic E-state index is 0.129. The second-order valence-electron chi connectivity index (χ2n) is 4.52. The zero-order valence-electron chi connectivity index (χ0n) is 11.6. The van der Waals surface area contributed by atoms with Gasteiger partial charge >= 0.3 is 5.97 Å². The average Bonchev–Trinajstić information content (AvgIpc) is 2.44. The van der Waals surface area contributed by atoms with Crippen molar-refractivity contribution in [2.75, 3.05) is 13.2 Å². The molecule has 0 saturated heterocycles. The first-order chi connectivity index (χ1) is 9.08. The van der Waals surface area contributed by atoms with E-state index in [1.807, 2.05) is 26.0 Å². The number of hydrogen-bond acceptors (Lipinski definition) is 4. The Morgan fingerprint density at radius 1 is 1.37 bits per heavy atom. The van der Waals surface area contributed by atoms with Crippen molar-refractivity contribution in [1.29, 1.82) is 5.26 Å². The van der Waals surface area contributed by atoms with Crippen LogP contribution in [-0.2, 0) is 9.53 Å². The Hall–Kier alpha value is -1.86. The molecule has 0 aromatic heterocycles. The van der Waals surface area contributed by atoms with E-state index in [0.29, 0.717) is 18.7 Å². The molecule has 0 heterocycles. The zero-order chi connectivity index (χ0) is 14.3. The molecule has 2 atom stereocenters. The van der Waals surface area contributed by atoms with Gasteiger partial charge in [0.05, 0.1) is 24.2 Å². The Morgan fingerprint density at radius 3 is 2.53 bits per heavy atom. The van der Waals surface area contributed by atoms with Crippen molar-refractivity contribution in [3.05, 3.63) is 35.4 Å². The highest BCUT2D eigenvalue weighted by atomic mass is 16.5. The Morgan fingerprint density at radius 2 is 2.00 bits per heavy atom. The van der Waals surface area contributed by atoms with Gasteiger partial charge in [-0.3, -0.25) is 4.79 Å². The van der Waals surface area contributed by atoms with Crippen LogP contribution in [0.5, 0.6) is 0 Å². The van der Waals surface area contributed by atoms with Crippen LogP contribution in [0.4, 0.5) is 0 Å². The predicted molar refractivity (Wildman–Crippen MR) is 73.4 cm³/mol. The summed E-state index contributed by atoms with van der Waals surface area (Å²) in [5.74, 6) is -0.345. The molecule has 0 amide bonds. The molecule has 0 radical (unpaired) electrons. The molecule has 4 heteroatoms. The van der Waals surface area contributed by atoms with Crippen LogP contribution in [-0.4, -0.2) is 19.1 Å². The summed E-state index contributed by atoms with van der Waals surface area (Å²) in [7, 11) is 0. The molecule has 19 heavy (non-hydrogen) atoms. The number of rotatable bonds is 6. The fraction of sp³-hybridized carbons (Fsp3) is 0.467. The summed E-state index contributed by atoms with van der Waals surface area (Å²) in [5, 5.41) is 12.0. The SMILES string of the molecule is CCOC(=O)C(C)CNC(C)c1ccc(C#N)cc1. The van der Waals surface area contributed by atoms with Crippen LogP contribution >= 0.6 is 0 Å². The third kappa shape index (κ3) is 4.72. The summed E-state index contributed by atoms with van der Waals surface area (Å²) in [5.41, 5.74) is 1.74. The van der Waals surface area contributed by atoms with Crippen molar-refractivity contribution < 1.29 is 9.53 Å². The summed E-state index contributed by atoms with van der Waals surface area (Å²) in [6.45, 7) is 6.65. The number of carbonyl (C=O) groups is 1. The number of nitrogens with one attached hydrogen (secondary N) is 1. The van der Waals surface area contributed by atoms with Gasteiger partial charge in [0, 0.05) is 12.6 Å². The van der Waals surface area contributed by atoms with E-state index < -0.39 is 0 Å². The number of esters is 1. The van der Waals surface area contributed by atoms with Gasteiger partial charge in [0.15, 0.2) is 0 Å². The zero-order valence-corrected chi connectivity index (χ0v) is 11.6. The number of nitriles is 1. The number of hydrogen-bond donors (Lipinski definition) is 1. The van der Waals surface area contributed by atoms with Gasteiger partial charge in [0.1, 0.15) is 0 Å². The van der Waals surface area contributed by atoms with Crippen LogP contribution in [0.1, 0.15) is 37.9 Å². The van der Waals surface area contributed by atoms with Crippen LogP contribution in [0.25, 0.3) is 0 Å². The van der Waals surface area contributed by atoms with Gasteiger partial charge < -0.3 is 10.1 Å². The molecule has 102 valence electrons. The topological polar surface area (TPSA) is 62.1 Å². The third-order valence-corrected chi connectivity index (χ3v) is 2.96. The largest absolute Gasteiger partial charge is 0.466 e. The first-order valence-electron chi connectivity index (χ1n) is 6.48. The van der Waals surface area contributed by atoms with E-state index in [1.165, 1.54) is 0 Å². The van der Waals surface area contributed by atoms with Crippen LogP contribution in [0.3, 0.4) is 0 Å². The molecule has 1 aromatic carbocycles. The normalized spacial score (nSPS) is 13.4. The van der Waals surface area contributed by atoms with Crippen molar-refractivity contribution >= 4 is 5.97 Å². The van der Waals surface area contributed by atoms with Gasteiger partial charge in [0.25, 0.3) is 0 Å². The average molecular weight is 260 g/mol. The maximum Gasteiger partial charge on any atom is 0.309 e.